The lowest BCUT2D eigenvalue weighted by Crippen LogP contribution is -2.17. The van der Waals surface area contributed by atoms with Crippen LogP contribution in [0.3, 0.4) is 0 Å². The van der Waals surface area contributed by atoms with Gasteiger partial charge in [0.2, 0.25) is 0 Å². The Balaban J connectivity index is 0.00000105. The number of rotatable bonds is 19. The van der Waals surface area contributed by atoms with Crippen LogP contribution in [0.4, 0.5) is 0 Å². The summed E-state index contributed by atoms with van der Waals surface area (Å²) in [7, 11) is 0. The predicted molar refractivity (Wildman–Crippen MR) is 359 cm³/mol. The van der Waals surface area contributed by atoms with Gasteiger partial charge in [0.05, 0.1) is 0 Å². The molecule has 0 heterocycles. The van der Waals surface area contributed by atoms with Crippen molar-refractivity contribution >= 4 is 68.8 Å². The topological polar surface area (TPSA) is 0 Å². The standard InChI is InChI=1S/C61H62.C3H8.5C2H5Cl/c1-46(48-24-9-3-10-25-48)40-55(50-28-13-5-14-29-50)42-57(52-32-17-7-18-33-52)43-58(53-34-19-8-20-35-53)45-59(61-39-23-37-54-36-21-22-38-60(54)61)44-56(51-30-15-6-16-31-51)41-47(2)49-26-11-4-12-27-49;1-3-2;5*1-2-3/h3-39,46-47,55-59H,40-45H2,1-2H3;3H2,1-2H3;5*2H2,1H3. The van der Waals surface area contributed by atoms with E-state index in [0.29, 0.717) is 41.4 Å². The van der Waals surface area contributed by atoms with Gasteiger partial charge in [-0.3, -0.25) is 0 Å². The molecule has 8 aromatic rings. The first-order valence-corrected chi connectivity index (χ1v) is 31.8. The highest BCUT2D eigenvalue weighted by atomic mass is 35.5. The molecule has 0 spiro atoms. The molecule has 8 rings (SSSR count). The number of benzene rings is 8. The van der Waals surface area contributed by atoms with Gasteiger partial charge in [-0.25, -0.2) is 0 Å². The Bertz CT molecular complexity index is 2570. The first kappa shape index (κ1) is 70.6. The molecular weight excluding hydrogens is 1070 g/mol. The van der Waals surface area contributed by atoms with E-state index in [1.54, 1.807) is 0 Å². The van der Waals surface area contributed by atoms with Gasteiger partial charge in [-0.05, 0) is 130 Å². The summed E-state index contributed by atoms with van der Waals surface area (Å²) in [5, 5.41) is 2.72. The smallest absolute Gasteiger partial charge is 0.0195 e. The largest absolute Gasteiger partial charge is 0.127 e. The summed E-state index contributed by atoms with van der Waals surface area (Å²) in [6.45, 7) is 18.6. The maximum Gasteiger partial charge on any atom is 0.0195 e. The summed E-state index contributed by atoms with van der Waals surface area (Å²) in [5.41, 5.74) is 10.2. The van der Waals surface area contributed by atoms with Crippen molar-refractivity contribution < 1.29 is 0 Å². The van der Waals surface area contributed by atoms with E-state index >= 15 is 0 Å². The SMILES string of the molecule is CC(CC(CC(CC(CC(CC(CC(C)c1ccccc1)c1ccccc1)c1cccc2ccccc12)c1ccccc1)c1ccccc1)c1ccccc1)c1ccccc1.CCC.CCCl.CCCl.CCCl.CCCl.CCCl. The quantitative estimate of drug-likeness (QED) is 0.0708. The van der Waals surface area contributed by atoms with E-state index in [1.165, 1.54) is 56.1 Å². The maximum atomic E-state index is 5.00. The molecule has 426 valence electrons. The summed E-state index contributed by atoms with van der Waals surface area (Å²) in [4.78, 5) is 0. The summed E-state index contributed by atoms with van der Waals surface area (Å²) in [6.07, 6.45) is 7.85. The van der Waals surface area contributed by atoms with Gasteiger partial charge in [0.15, 0.2) is 0 Å². The normalized spacial score (nSPS) is 12.9. The molecule has 0 nitrogen and oxygen atoms in total. The molecule has 0 saturated heterocycles. The molecule has 0 fully saturated rings. The van der Waals surface area contributed by atoms with Crippen LogP contribution in [-0.4, -0.2) is 29.4 Å². The highest BCUT2D eigenvalue weighted by molar-refractivity contribution is 6.18. The van der Waals surface area contributed by atoms with Gasteiger partial charge >= 0.3 is 0 Å². The van der Waals surface area contributed by atoms with Crippen molar-refractivity contribution in [3.63, 3.8) is 0 Å². The Morgan fingerprint density at radius 2 is 0.468 bits per heavy atom. The highest BCUT2D eigenvalue weighted by Gasteiger charge is 2.30. The molecule has 0 N–H and O–H groups in total. The summed E-state index contributed by atoms with van der Waals surface area (Å²) >= 11 is 25.0. The van der Waals surface area contributed by atoms with E-state index in [0.717, 1.165) is 67.9 Å². The Kier molecular flexibility index (Phi) is 40.3. The molecule has 0 aromatic heterocycles. The molecular formula is C74H95Cl5. The lowest BCUT2D eigenvalue weighted by atomic mass is 9.71. The molecule has 0 aliphatic rings. The lowest BCUT2D eigenvalue weighted by Gasteiger charge is -2.33. The van der Waals surface area contributed by atoms with Crippen LogP contribution < -0.4 is 0 Å². The van der Waals surface area contributed by atoms with Gasteiger partial charge in [0.25, 0.3) is 0 Å². The number of alkyl halides is 5. The van der Waals surface area contributed by atoms with Crippen LogP contribution in [-0.2, 0) is 0 Å². The van der Waals surface area contributed by atoms with Crippen molar-refractivity contribution in [1.29, 1.82) is 0 Å². The molecule has 5 heteroatoms. The van der Waals surface area contributed by atoms with Gasteiger partial charge in [0, 0.05) is 29.4 Å². The average molecular weight is 1160 g/mol. The molecule has 0 radical (unpaired) electrons. The van der Waals surface area contributed by atoms with E-state index in [1.807, 2.05) is 34.6 Å². The molecule has 79 heavy (non-hydrogen) atoms. The van der Waals surface area contributed by atoms with Crippen LogP contribution in [0.1, 0.15) is 188 Å². The van der Waals surface area contributed by atoms with E-state index in [9.17, 15) is 0 Å². The van der Waals surface area contributed by atoms with Crippen molar-refractivity contribution in [2.24, 2.45) is 0 Å². The molecule has 7 unspecified atom stereocenters. The highest BCUT2D eigenvalue weighted by Crippen LogP contribution is 2.47. The third kappa shape index (κ3) is 27.7. The van der Waals surface area contributed by atoms with E-state index in [-0.39, 0.29) is 0 Å². The fourth-order valence-electron chi connectivity index (χ4n) is 10.4. The number of hydrogen-bond acceptors (Lipinski definition) is 0. The van der Waals surface area contributed by atoms with Crippen molar-refractivity contribution in [2.75, 3.05) is 29.4 Å². The fourth-order valence-corrected chi connectivity index (χ4v) is 10.4. The predicted octanol–water partition coefficient (Wildman–Crippen LogP) is 24.6. The Morgan fingerprint density at radius 3 is 0.759 bits per heavy atom. The van der Waals surface area contributed by atoms with Crippen LogP contribution in [0.15, 0.2) is 224 Å². The minimum absolute atomic E-state index is 0.351. The van der Waals surface area contributed by atoms with Crippen molar-refractivity contribution in [3.05, 3.63) is 263 Å². The number of hydrogen-bond donors (Lipinski definition) is 0. The minimum atomic E-state index is 0.351. The molecule has 0 bridgehead atoms. The minimum Gasteiger partial charge on any atom is -0.127 e. The zero-order valence-corrected chi connectivity index (χ0v) is 53.1. The Hall–Kier alpha value is -4.53. The van der Waals surface area contributed by atoms with Crippen LogP contribution in [0, 0.1) is 0 Å². The van der Waals surface area contributed by atoms with Gasteiger partial charge in [-0.15, -0.1) is 58.0 Å². The second-order valence-corrected chi connectivity index (χ2v) is 22.4. The number of fused-ring (bicyclic) bond motifs is 1. The molecule has 8 aromatic carbocycles. The van der Waals surface area contributed by atoms with Crippen LogP contribution in [0.25, 0.3) is 10.8 Å². The molecule has 7 atom stereocenters. The summed E-state index contributed by atoms with van der Waals surface area (Å²) in [6, 6.07) is 84.2. The van der Waals surface area contributed by atoms with Crippen LogP contribution in [0.5, 0.6) is 0 Å². The monoisotopic (exact) mass is 1160 g/mol. The molecule has 0 aliphatic carbocycles. The van der Waals surface area contributed by atoms with Gasteiger partial charge in [-0.1, -0.05) is 293 Å². The summed E-state index contributed by atoms with van der Waals surface area (Å²) < 4.78 is 0. The zero-order chi connectivity index (χ0) is 57.9. The van der Waals surface area contributed by atoms with Crippen molar-refractivity contribution in [1.82, 2.24) is 0 Å². The Morgan fingerprint density at radius 1 is 0.253 bits per heavy atom. The van der Waals surface area contributed by atoms with E-state index in [2.05, 4.69) is 252 Å². The molecule has 0 aliphatic heterocycles. The fraction of sp³-hybridized carbons (Fsp3) is 0.378. The second-order valence-electron chi connectivity index (χ2n) is 19.8. The van der Waals surface area contributed by atoms with Gasteiger partial charge < -0.3 is 0 Å². The third-order valence-electron chi connectivity index (χ3n) is 13.6. The first-order valence-electron chi connectivity index (χ1n) is 29.1. The van der Waals surface area contributed by atoms with Gasteiger partial charge in [0.1, 0.15) is 0 Å². The molecule has 0 saturated carbocycles. The third-order valence-corrected chi connectivity index (χ3v) is 13.6. The van der Waals surface area contributed by atoms with Crippen LogP contribution in [0.2, 0.25) is 0 Å². The van der Waals surface area contributed by atoms with E-state index < -0.39 is 0 Å². The molecule has 0 amide bonds. The number of halogens is 5. The average Bonchev–Trinajstić information content (AvgIpc) is 3.50. The van der Waals surface area contributed by atoms with Crippen molar-refractivity contribution in [2.45, 2.75) is 149 Å². The first-order chi connectivity index (χ1) is 38.6. The van der Waals surface area contributed by atoms with Crippen molar-refractivity contribution in [3.8, 4) is 0 Å². The lowest BCUT2D eigenvalue weighted by molar-refractivity contribution is 0.387. The maximum absolute atomic E-state index is 5.00. The Labute approximate surface area is 506 Å². The summed E-state index contributed by atoms with van der Waals surface area (Å²) in [5.74, 6) is 6.44. The van der Waals surface area contributed by atoms with Crippen LogP contribution >= 0.6 is 58.0 Å². The second kappa shape index (κ2) is 45.1. The van der Waals surface area contributed by atoms with Gasteiger partial charge in [-0.2, -0.15) is 0 Å². The zero-order valence-electron chi connectivity index (χ0n) is 49.3. The van der Waals surface area contributed by atoms with E-state index in [4.69, 9.17) is 58.0 Å².